The van der Waals surface area contributed by atoms with Gasteiger partial charge in [0, 0.05) is 30.6 Å². The summed E-state index contributed by atoms with van der Waals surface area (Å²) >= 11 is 0. The maximum atomic E-state index is 15.1. The number of fused-ring (bicyclic) bond motifs is 1. The number of rotatable bonds is 8. The molecule has 4 rings (SSSR count). The number of carbonyl (C=O) groups is 1. The molecule has 3 heterocycles. The molecule has 0 amide bonds. The lowest BCUT2D eigenvalue weighted by Gasteiger charge is -2.15. The van der Waals surface area contributed by atoms with Crippen molar-refractivity contribution in [3.05, 3.63) is 94.8 Å². The Hall–Kier alpha value is -3.41. The van der Waals surface area contributed by atoms with Crippen molar-refractivity contribution in [2.24, 2.45) is 4.99 Å². The lowest BCUT2D eigenvalue weighted by atomic mass is 9.90. The molecule has 1 aliphatic heterocycles. The van der Waals surface area contributed by atoms with E-state index in [-0.39, 0.29) is 30.4 Å². The molecule has 0 saturated carbocycles. The Kier molecular flexibility index (Phi) is 6.46. The first-order valence-electron chi connectivity index (χ1n) is 10.4. The van der Waals surface area contributed by atoms with E-state index in [2.05, 4.69) is 21.9 Å². The maximum Gasteiger partial charge on any atom is 0.218 e. The number of aromatic nitrogens is 2. The second-order valence-corrected chi connectivity index (χ2v) is 7.61. The van der Waals surface area contributed by atoms with Crippen molar-refractivity contribution in [2.45, 2.75) is 45.3 Å². The Morgan fingerprint density at radius 3 is 2.68 bits per heavy atom. The molecule has 0 aliphatic carbocycles. The van der Waals surface area contributed by atoms with Gasteiger partial charge in [-0.05, 0) is 35.6 Å². The van der Waals surface area contributed by atoms with E-state index in [1.807, 2.05) is 42.5 Å². The second-order valence-electron chi connectivity index (χ2n) is 7.61. The van der Waals surface area contributed by atoms with Crippen LogP contribution in [0.1, 0.15) is 53.6 Å². The fourth-order valence-electron chi connectivity index (χ4n) is 3.78. The van der Waals surface area contributed by atoms with Crippen LogP contribution < -0.4 is 0 Å². The molecule has 1 aromatic carbocycles. The Bertz CT molecular complexity index is 1080. The van der Waals surface area contributed by atoms with Crippen LogP contribution in [0.2, 0.25) is 0 Å². The number of halogens is 1. The van der Waals surface area contributed by atoms with E-state index >= 15 is 4.39 Å². The van der Waals surface area contributed by atoms with Crippen molar-refractivity contribution in [2.75, 3.05) is 0 Å². The van der Waals surface area contributed by atoms with E-state index in [0.717, 1.165) is 17.5 Å². The smallest absolute Gasteiger partial charge is 0.218 e. The molecule has 3 aromatic rings. The van der Waals surface area contributed by atoms with E-state index in [1.54, 1.807) is 18.6 Å². The molecular formula is C25H24FN3O2. The monoisotopic (exact) mass is 417 g/mol. The van der Waals surface area contributed by atoms with Crippen molar-refractivity contribution in [3.63, 3.8) is 0 Å². The van der Waals surface area contributed by atoms with Crippen molar-refractivity contribution < 1.29 is 13.9 Å². The van der Waals surface area contributed by atoms with Gasteiger partial charge in [-0.15, -0.1) is 0 Å². The minimum Gasteiger partial charge on any atom is -0.473 e. The van der Waals surface area contributed by atoms with Crippen LogP contribution >= 0.6 is 0 Å². The van der Waals surface area contributed by atoms with Crippen LogP contribution in [0.3, 0.4) is 0 Å². The number of nitrogens with zero attached hydrogens (tertiary/aromatic N) is 3. The largest absolute Gasteiger partial charge is 0.473 e. The van der Waals surface area contributed by atoms with E-state index in [4.69, 9.17) is 4.74 Å². The molecule has 31 heavy (non-hydrogen) atoms. The van der Waals surface area contributed by atoms with E-state index < -0.39 is 5.82 Å². The van der Waals surface area contributed by atoms with Gasteiger partial charge in [0.15, 0.2) is 5.82 Å². The van der Waals surface area contributed by atoms with Gasteiger partial charge in [0.25, 0.3) is 0 Å². The van der Waals surface area contributed by atoms with Crippen molar-refractivity contribution >= 4 is 11.7 Å². The molecule has 6 heteroatoms. The van der Waals surface area contributed by atoms with Crippen LogP contribution in [0.5, 0.6) is 0 Å². The normalized spacial score (nSPS) is 13.4. The number of aliphatic imine (C=N–C) groups is 1. The van der Waals surface area contributed by atoms with Crippen LogP contribution in [0.25, 0.3) is 0 Å². The number of ether oxygens (including phenoxy) is 1. The van der Waals surface area contributed by atoms with Gasteiger partial charge in [-0.3, -0.25) is 14.8 Å². The zero-order chi connectivity index (χ0) is 21.6. The number of carbonyl (C=O) groups excluding carboxylic acids is 1. The van der Waals surface area contributed by atoms with Crippen LogP contribution in [0, 0.1) is 5.82 Å². The third-order valence-electron chi connectivity index (χ3n) is 5.53. The molecule has 5 nitrogen and oxygen atoms in total. The molecule has 1 atom stereocenters. The average Bonchev–Trinajstić information content (AvgIpc) is 3.23. The highest BCUT2D eigenvalue weighted by molar-refractivity contribution is 5.97. The number of hydrogen-bond acceptors (Lipinski definition) is 5. The molecule has 0 bridgehead atoms. The van der Waals surface area contributed by atoms with Gasteiger partial charge < -0.3 is 4.74 Å². The highest BCUT2D eigenvalue weighted by Crippen LogP contribution is 2.27. The van der Waals surface area contributed by atoms with Gasteiger partial charge in [-0.1, -0.05) is 37.3 Å². The standard InChI is InChI=1S/C25H24FN3O2/c1-2-18(19-6-4-3-5-7-19)12-20(30)13-23-24(26)21-14-29-25(22(21)15-28-23)31-16-17-8-10-27-11-9-17/h3-11,15,18H,2,12-14,16H2,1H3/t18-/m0/s1. The maximum absolute atomic E-state index is 15.1. The molecule has 0 fully saturated rings. The third-order valence-corrected chi connectivity index (χ3v) is 5.53. The third kappa shape index (κ3) is 4.85. The summed E-state index contributed by atoms with van der Waals surface area (Å²) in [6, 6.07) is 13.7. The van der Waals surface area contributed by atoms with Crippen LogP contribution in [-0.4, -0.2) is 21.6 Å². The molecule has 0 N–H and O–H groups in total. The molecule has 0 unspecified atom stereocenters. The number of pyridine rings is 2. The van der Waals surface area contributed by atoms with Gasteiger partial charge in [-0.25, -0.2) is 9.38 Å². The summed E-state index contributed by atoms with van der Waals surface area (Å²) < 4.78 is 20.8. The number of hydrogen-bond donors (Lipinski definition) is 0. The Labute approximate surface area is 181 Å². The predicted octanol–water partition coefficient (Wildman–Crippen LogP) is 4.79. The predicted molar refractivity (Wildman–Crippen MR) is 116 cm³/mol. The zero-order valence-electron chi connectivity index (χ0n) is 17.4. The van der Waals surface area contributed by atoms with Gasteiger partial charge >= 0.3 is 0 Å². The molecule has 0 radical (unpaired) electrons. The fourth-order valence-corrected chi connectivity index (χ4v) is 3.78. The highest BCUT2D eigenvalue weighted by Gasteiger charge is 2.25. The number of ketones is 1. The van der Waals surface area contributed by atoms with E-state index in [9.17, 15) is 4.79 Å². The summed E-state index contributed by atoms with van der Waals surface area (Å²) in [7, 11) is 0. The molecule has 158 valence electrons. The summed E-state index contributed by atoms with van der Waals surface area (Å²) in [6.45, 7) is 2.57. The quantitative estimate of drug-likeness (QED) is 0.529. The fraction of sp³-hybridized carbons (Fsp3) is 0.280. The molecule has 1 aliphatic rings. The lowest BCUT2D eigenvalue weighted by Crippen LogP contribution is -2.13. The van der Waals surface area contributed by atoms with Crippen LogP contribution in [0.4, 0.5) is 4.39 Å². The molecule has 2 aromatic heterocycles. The van der Waals surface area contributed by atoms with Crippen LogP contribution in [0.15, 0.2) is 66.0 Å². The highest BCUT2D eigenvalue weighted by atomic mass is 19.1. The molecule has 0 spiro atoms. The second kappa shape index (κ2) is 9.60. The summed E-state index contributed by atoms with van der Waals surface area (Å²) in [6.07, 6.45) is 6.14. The van der Waals surface area contributed by atoms with E-state index in [0.29, 0.717) is 30.1 Å². The number of benzene rings is 1. The van der Waals surface area contributed by atoms with Crippen LogP contribution in [-0.2, 0) is 29.1 Å². The number of Topliss-reactive ketones (excluding diaryl/α,β-unsaturated/α-hetero) is 1. The topological polar surface area (TPSA) is 64.4 Å². The Morgan fingerprint density at radius 1 is 1.16 bits per heavy atom. The van der Waals surface area contributed by atoms with Crippen molar-refractivity contribution in [3.8, 4) is 0 Å². The summed E-state index contributed by atoms with van der Waals surface area (Å²) in [5.41, 5.74) is 3.25. The van der Waals surface area contributed by atoms with Gasteiger partial charge in [-0.2, -0.15) is 0 Å². The zero-order valence-corrected chi connectivity index (χ0v) is 17.4. The minimum atomic E-state index is -0.454. The van der Waals surface area contributed by atoms with Crippen molar-refractivity contribution in [1.82, 2.24) is 9.97 Å². The first-order chi connectivity index (χ1) is 15.2. The average molecular weight is 417 g/mol. The minimum absolute atomic E-state index is 0.0182. The lowest BCUT2D eigenvalue weighted by molar-refractivity contribution is -0.118. The Morgan fingerprint density at radius 2 is 1.94 bits per heavy atom. The molecule has 0 saturated heterocycles. The summed E-state index contributed by atoms with van der Waals surface area (Å²) in [5, 5.41) is 0. The SMILES string of the molecule is CC[C@@H](CC(=O)Cc1ncc2c(c1F)CN=C2OCc1ccncc1)c1ccccc1. The summed E-state index contributed by atoms with van der Waals surface area (Å²) in [4.78, 5) is 25.2. The first kappa shape index (κ1) is 20.8. The van der Waals surface area contributed by atoms with Crippen molar-refractivity contribution in [1.29, 1.82) is 0 Å². The first-order valence-corrected chi connectivity index (χ1v) is 10.4. The van der Waals surface area contributed by atoms with Gasteiger partial charge in [0.2, 0.25) is 5.90 Å². The molecular weight excluding hydrogens is 393 g/mol. The Balaban J connectivity index is 1.41. The van der Waals surface area contributed by atoms with Gasteiger partial charge in [0.1, 0.15) is 12.4 Å². The van der Waals surface area contributed by atoms with Gasteiger partial charge in [0.05, 0.1) is 24.2 Å². The summed E-state index contributed by atoms with van der Waals surface area (Å²) in [5.74, 6) is 0.0360. The van der Waals surface area contributed by atoms with E-state index in [1.165, 1.54) is 0 Å².